The van der Waals surface area contributed by atoms with E-state index in [1.165, 1.54) is 12.8 Å². The van der Waals surface area contributed by atoms with E-state index in [9.17, 15) is 10.1 Å². The first kappa shape index (κ1) is 14.7. The standard InChI is InChI=1S/C14H22N4O2/c1-3-9-17(10-12-5-4-8-15-12)14-7-6-13(18(19)20)11(2)16-14/h6-7,12,15H,3-5,8-10H2,1-2H3. The van der Waals surface area contributed by atoms with Crippen molar-refractivity contribution >= 4 is 11.5 Å². The van der Waals surface area contributed by atoms with Crippen LogP contribution >= 0.6 is 0 Å². The van der Waals surface area contributed by atoms with Crippen LogP contribution < -0.4 is 10.2 Å². The fraction of sp³-hybridized carbons (Fsp3) is 0.643. The molecule has 0 bridgehead atoms. The van der Waals surface area contributed by atoms with Gasteiger partial charge in [-0.1, -0.05) is 6.92 Å². The zero-order valence-electron chi connectivity index (χ0n) is 12.1. The molecule has 1 fully saturated rings. The van der Waals surface area contributed by atoms with Gasteiger partial charge in [-0.15, -0.1) is 0 Å². The monoisotopic (exact) mass is 278 g/mol. The van der Waals surface area contributed by atoms with E-state index in [2.05, 4.69) is 22.1 Å². The summed E-state index contributed by atoms with van der Waals surface area (Å²) < 4.78 is 0. The van der Waals surface area contributed by atoms with Gasteiger partial charge in [-0.25, -0.2) is 4.98 Å². The van der Waals surface area contributed by atoms with Crippen LogP contribution in [0.4, 0.5) is 11.5 Å². The summed E-state index contributed by atoms with van der Waals surface area (Å²) >= 11 is 0. The van der Waals surface area contributed by atoms with E-state index in [1.807, 2.05) is 0 Å². The molecule has 0 spiro atoms. The minimum atomic E-state index is -0.380. The van der Waals surface area contributed by atoms with Crippen LogP contribution in [0.2, 0.25) is 0 Å². The molecule has 1 aromatic heterocycles. The lowest BCUT2D eigenvalue weighted by atomic mass is 10.2. The number of hydrogen-bond donors (Lipinski definition) is 1. The third-order valence-corrected chi connectivity index (χ3v) is 3.66. The van der Waals surface area contributed by atoms with Crippen LogP contribution in [0.1, 0.15) is 31.9 Å². The van der Waals surface area contributed by atoms with E-state index in [4.69, 9.17) is 0 Å². The number of anilines is 1. The van der Waals surface area contributed by atoms with Crippen LogP contribution in [-0.4, -0.2) is 35.6 Å². The van der Waals surface area contributed by atoms with E-state index in [-0.39, 0.29) is 10.6 Å². The van der Waals surface area contributed by atoms with Gasteiger partial charge in [0.1, 0.15) is 11.5 Å². The largest absolute Gasteiger partial charge is 0.355 e. The molecule has 1 unspecified atom stereocenters. The number of rotatable bonds is 6. The molecule has 6 heteroatoms. The highest BCUT2D eigenvalue weighted by molar-refractivity contribution is 5.47. The summed E-state index contributed by atoms with van der Waals surface area (Å²) in [5.41, 5.74) is 0.567. The summed E-state index contributed by atoms with van der Waals surface area (Å²) in [6.07, 6.45) is 3.44. The Morgan fingerprint density at radius 3 is 2.90 bits per heavy atom. The molecular formula is C14H22N4O2. The zero-order chi connectivity index (χ0) is 14.5. The van der Waals surface area contributed by atoms with Crippen LogP contribution in [0.15, 0.2) is 12.1 Å². The third kappa shape index (κ3) is 3.45. The van der Waals surface area contributed by atoms with Crippen LogP contribution in [-0.2, 0) is 0 Å². The molecule has 2 heterocycles. The van der Waals surface area contributed by atoms with Crippen molar-refractivity contribution in [1.29, 1.82) is 0 Å². The van der Waals surface area contributed by atoms with Crippen LogP contribution in [0.25, 0.3) is 0 Å². The second kappa shape index (κ2) is 6.65. The average Bonchev–Trinajstić information content (AvgIpc) is 2.90. The van der Waals surface area contributed by atoms with Crippen molar-refractivity contribution < 1.29 is 4.92 Å². The molecule has 1 N–H and O–H groups in total. The molecule has 0 aromatic carbocycles. The molecule has 1 atom stereocenters. The molecule has 0 radical (unpaired) electrons. The minimum absolute atomic E-state index is 0.0872. The molecule has 6 nitrogen and oxygen atoms in total. The number of hydrogen-bond acceptors (Lipinski definition) is 5. The van der Waals surface area contributed by atoms with Crippen molar-refractivity contribution in [1.82, 2.24) is 10.3 Å². The second-order valence-corrected chi connectivity index (χ2v) is 5.27. The van der Waals surface area contributed by atoms with Gasteiger partial charge < -0.3 is 10.2 Å². The first-order valence-electron chi connectivity index (χ1n) is 7.22. The lowest BCUT2D eigenvalue weighted by molar-refractivity contribution is -0.385. The summed E-state index contributed by atoms with van der Waals surface area (Å²) in [5.74, 6) is 0.837. The van der Waals surface area contributed by atoms with Crippen molar-refractivity contribution in [3.05, 3.63) is 27.9 Å². The van der Waals surface area contributed by atoms with E-state index in [1.54, 1.807) is 19.1 Å². The summed E-state index contributed by atoms with van der Waals surface area (Å²) in [5, 5.41) is 14.3. The second-order valence-electron chi connectivity index (χ2n) is 5.27. The van der Waals surface area contributed by atoms with Crippen molar-refractivity contribution in [3.8, 4) is 0 Å². The summed E-state index contributed by atoms with van der Waals surface area (Å²) in [7, 11) is 0. The number of nitrogens with one attached hydrogen (secondary N) is 1. The Kier molecular flexibility index (Phi) is 4.89. The maximum atomic E-state index is 10.8. The van der Waals surface area contributed by atoms with E-state index in [0.717, 1.165) is 31.9 Å². The van der Waals surface area contributed by atoms with Crippen molar-refractivity contribution in [2.45, 2.75) is 39.2 Å². The number of pyridine rings is 1. The Bertz CT molecular complexity index is 472. The van der Waals surface area contributed by atoms with Crippen molar-refractivity contribution in [3.63, 3.8) is 0 Å². The molecule has 0 amide bonds. The summed E-state index contributed by atoms with van der Waals surface area (Å²) in [6, 6.07) is 3.82. The highest BCUT2D eigenvalue weighted by Crippen LogP contribution is 2.21. The number of nitro groups is 1. The Morgan fingerprint density at radius 2 is 2.35 bits per heavy atom. The van der Waals surface area contributed by atoms with E-state index < -0.39 is 0 Å². The van der Waals surface area contributed by atoms with Crippen LogP contribution in [0.5, 0.6) is 0 Å². The topological polar surface area (TPSA) is 71.3 Å². The van der Waals surface area contributed by atoms with Gasteiger partial charge >= 0.3 is 0 Å². The quantitative estimate of drug-likeness (QED) is 0.638. The number of aryl methyl sites for hydroxylation is 1. The Balaban J connectivity index is 2.15. The molecule has 20 heavy (non-hydrogen) atoms. The molecule has 110 valence electrons. The Labute approximate surface area is 119 Å². The van der Waals surface area contributed by atoms with Crippen molar-refractivity contribution in [2.75, 3.05) is 24.5 Å². The van der Waals surface area contributed by atoms with Gasteiger partial charge in [-0.2, -0.15) is 0 Å². The number of nitrogens with zero attached hydrogens (tertiary/aromatic N) is 3. The molecular weight excluding hydrogens is 256 g/mol. The molecule has 1 saturated heterocycles. The smallest absolute Gasteiger partial charge is 0.290 e. The molecule has 2 rings (SSSR count). The molecule has 0 aliphatic carbocycles. The Hall–Kier alpha value is -1.69. The fourth-order valence-electron chi connectivity index (χ4n) is 2.66. The molecule has 1 aliphatic heterocycles. The predicted molar refractivity (Wildman–Crippen MR) is 79.2 cm³/mol. The lowest BCUT2D eigenvalue weighted by Gasteiger charge is -2.26. The van der Waals surface area contributed by atoms with Gasteiger partial charge in [-0.05, 0) is 38.8 Å². The average molecular weight is 278 g/mol. The third-order valence-electron chi connectivity index (χ3n) is 3.66. The minimum Gasteiger partial charge on any atom is -0.355 e. The lowest BCUT2D eigenvalue weighted by Crippen LogP contribution is -2.38. The normalized spacial score (nSPS) is 18.2. The first-order valence-corrected chi connectivity index (χ1v) is 7.22. The molecule has 1 aromatic rings. The summed E-state index contributed by atoms with van der Waals surface area (Å²) in [4.78, 5) is 17.1. The zero-order valence-corrected chi connectivity index (χ0v) is 12.1. The van der Waals surface area contributed by atoms with Gasteiger partial charge in [0.25, 0.3) is 5.69 Å². The SMILES string of the molecule is CCCN(CC1CCCN1)c1ccc([N+](=O)[O-])c(C)n1. The maximum absolute atomic E-state index is 10.8. The van der Waals surface area contributed by atoms with Gasteiger partial charge in [0.05, 0.1) is 4.92 Å². The number of aromatic nitrogens is 1. The maximum Gasteiger partial charge on any atom is 0.290 e. The fourth-order valence-corrected chi connectivity index (χ4v) is 2.66. The van der Waals surface area contributed by atoms with E-state index >= 15 is 0 Å². The first-order chi connectivity index (χ1) is 9.61. The van der Waals surface area contributed by atoms with Gasteiger partial charge in [0.15, 0.2) is 0 Å². The summed E-state index contributed by atoms with van der Waals surface area (Å²) in [6.45, 7) is 6.74. The Morgan fingerprint density at radius 1 is 1.55 bits per heavy atom. The van der Waals surface area contributed by atoms with Crippen molar-refractivity contribution in [2.24, 2.45) is 0 Å². The van der Waals surface area contributed by atoms with Gasteiger partial charge in [0, 0.05) is 25.2 Å². The predicted octanol–water partition coefficient (Wildman–Crippen LogP) is 2.27. The van der Waals surface area contributed by atoms with Gasteiger partial charge in [-0.3, -0.25) is 10.1 Å². The highest BCUT2D eigenvalue weighted by Gasteiger charge is 2.20. The molecule has 1 aliphatic rings. The molecule has 0 saturated carbocycles. The van der Waals surface area contributed by atoms with E-state index in [0.29, 0.717) is 11.7 Å². The van der Waals surface area contributed by atoms with Crippen LogP contribution in [0, 0.1) is 17.0 Å². The van der Waals surface area contributed by atoms with Gasteiger partial charge in [0.2, 0.25) is 0 Å². The van der Waals surface area contributed by atoms with Crippen LogP contribution in [0.3, 0.4) is 0 Å². The highest BCUT2D eigenvalue weighted by atomic mass is 16.6.